The molecule has 28 heavy (non-hydrogen) atoms. The number of pyridine rings is 1. The van der Waals surface area contributed by atoms with Crippen LogP contribution in [0.25, 0.3) is 22.4 Å². The Kier molecular flexibility index (Phi) is 4.72. The lowest BCUT2D eigenvalue weighted by molar-refractivity contribution is 0.577. The molecule has 0 saturated heterocycles. The Labute approximate surface area is 165 Å². The quantitative estimate of drug-likeness (QED) is 0.592. The van der Waals surface area contributed by atoms with Gasteiger partial charge in [-0.3, -0.25) is 0 Å². The normalized spacial score (nSPS) is 14.4. The zero-order chi connectivity index (χ0) is 19.9. The zero-order valence-electron chi connectivity index (χ0n) is 16.0. The molecule has 146 valence electrons. The molecule has 0 bridgehead atoms. The molecule has 1 aliphatic rings. The minimum Gasteiger partial charge on any atom is -0.383 e. The van der Waals surface area contributed by atoms with E-state index in [0.29, 0.717) is 18.3 Å². The number of nitrogens with one attached hydrogen (secondary N) is 2. The number of nitrogen functional groups attached to an aromatic ring is 1. The first-order chi connectivity index (χ1) is 13.3. The fourth-order valence-electron chi connectivity index (χ4n) is 3.21. The summed E-state index contributed by atoms with van der Waals surface area (Å²) in [5.41, 5.74) is 11.4. The van der Waals surface area contributed by atoms with Gasteiger partial charge < -0.3 is 10.7 Å². The standard InChI is InChI=1S/C21H24N4O2S/c1-13-3-7-17(28(26,27)24-11-15-5-6-15)10-18(13)16-9-19(21(22)23-12-16)20-8-4-14(2)25-20/h3-4,7-10,12,15,24-25H,5-6,11H2,1-2H3,(H2,22,23). The van der Waals surface area contributed by atoms with E-state index >= 15 is 0 Å². The van der Waals surface area contributed by atoms with Gasteiger partial charge in [-0.25, -0.2) is 18.1 Å². The summed E-state index contributed by atoms with van der Waals surface area (Å²) in [4.78, 5) is 7.87. The van der Waals surface area contributed by atoms with Crippen LogP contribution in [0.5, 0.6) is 0 Å². The van der Waals surface area contributed by atoms with Crippen molar-refractivity contribution in [2.24, 2.45) is 5.92 Å². The van der Waals surface area contributed by atoms with Crippen molar-refractivity contribution in [2.45, 2.75) is 31.6 Å². The van der Waals surface area contributed by atoms with Gasteiger partial charge in [-0.15, -0.1) is 0 Å². The van der Waals surface area contributed by atoms with Gasteiger partial charge >= 0.3 is 0 Å². The zero-order valence-corrected chi connectivity index (χ0v) is 16.8. The molecule has 3 aromatic rings. The van der Waals surface area contributed by atoms with Crippen molar-refractivity contribution in [2.75, 3.05) is 12.3 Å². The van der Waals surface area contributed by atoms with Gasteiger partial charge in [-0.1, -0.05) is 6.07 Å². The highest BCUT2D eigenvalue weighted by Crippen LogP contribution is 2.32. The first kappa shape index (κ1) is 18.7. The smallest absolute Gasteiger partial charge is 0.240 e. The molecule has 0 spiro atoms. The highest BCUT2D eigenvalue weighted by molar-refractivity contribution is 7.89. The minimum absolute atomic E-state index is 0.267. The van der Waals surface area contributed by atoms with Gasteiger partial charge in [0.05, 0.1) is 4.90 Å². The second-order valence-electron chi connectivity index (χ2n) is 7.48. The molecule has 0 amide bonds. The lowest BCUT2D eigenvalue weighted by Gasteiger charge is -2.12. The molecular formula is C21H24N4O2S. The molecule has 0 radical (unpaired) electrons. The van der Waals surface area contributed by atoms with Crippen LogP contribution in [-0.4, -0.2) is 24.9 Å². The van der Waals surface area contributed by atoms with Crippen molar-refractivity contribution in [3.05, 3.63) is 53.9 Å². The highest BCUT2D eigenvalue weighted by atomic mass is 32.2. The molecule has 1 aromatic carbocycles. The second-order valence-corrected chi connectivity index (χ2v) is 9.25. The van der Waals surface area contributed by atoms with Crippen LogP contribution in [0, 0.1) is 19.8 Å². The molecule has 2 heterocycles. The molecule has 1 fully saturated rings. The lowest BCUT2D eigenvalue weighted by Crippen LogP contribution is -2.25. The van der Waals surface area contributed by atoms with E-state index in [-0.39, 0.29) is 4.90 Å². The third kappa shape index (κ3) is 3.81. The largest absolute Gasteiger partial charge is 0.383 e. The topological polar surface area (TPSA) is 101 Å². The monoisotopic (exact) mass is 396 g/mol. The van der Waals surface area contributed by atoms with E-state index in [0.717, 1.165) is 46.5 Å². The van der Waals surface area contributed by atoms with E-state index in [1.807, 2.05) is 38.1 Å². The summed E-state index contributed by atoms with van der Waals surface area (Å²) in [6.45, 7) is 4.44. The van der Waals surface area contributed by atoms with E-state index in [1.54, 1.807) is 18.3 Å². The first-order valence-electron chi connectivity index (χ1n) is 9.36. The number of aromatic nitrogens is 2. The molecular weight excluding hydrogens is 372 g/mol. The number of rotatable bonds is 6. The van der Waals surface area contributed by atoms with E-state index in [2.05, 4.69) is 14.7 Å². The van der Waals surface area contributed by atoms with Gasteiger partial charge in [-0.05, 0) is 74.1 Å². The number of benzene rings is 1. The Bertz CT molecular complexity index is 1130. The van der Waals surface area contributed by atoms with Crippen molar-refractivity contribution in [1.82, 2.24) is 14.7 Å². The maximum absolute atomic E-state index is 12.7. The molecule has 6 nitrogen and oxygen atoms in total. The van der Waals surface area contributed by atoms with Gasteiger partial charge in [0.2, 0.25) is 10.0 Å². The van der Waals surface area contributed by atoms with Crippen LogP contribution < -0.4 is 10.5 Å². The van der Waals surface area contributed by atoms with Gasteiger partial charge in [0.15, 0.2) is 0 Å². The first-order valence-corrected chi connectivity index (χ1v) is 10.8. The summed E-state index contributed by atoms with van der Waals surface area (Å²) in [5.74, 6) is 0.908. The average molecular weight is 397 g/mol. The second kappa shape index (κ2) is 7.07. The van der Waals surface area contributed by atoms with Gasteiger partial charge in [-0.2, -0.15) is 0 Å². The minimum atomic E-state index is -3.53. The Morgan fingerprint density at radius 3 is 2.61 bits per heavy atom. The third-order valence-corrected chi connectivity index (χ3v) is 6.55. The number of hydrogen-bond donors (Lipinski definition) is 3. The number of sulfonamides is 1. The van der Waals surface area contributed by atoms with Crippen LogP contribution in [0.1, 0.15) is 24.1 Å². The molecule has 1 saturated carbocycles. The van der Waals surface area contributed by atoms with Crippen molar-refractivity contribution in [3.8, 4) is 22.4 Å². The Morgan fingerprint density at radius 2 is 1.93 bits per heavy atom. The Morgan fingerprint density at radius 1 is 1.14 bits per heavy atom. The summed E-state index contributed by atoms with van der Waals surface area (Å²) in [6.07, 6.45) is 3.88. The van der Waals surface area contributed by atoms with E-state index in [4.69, 9.17) is 5.73 Å². The number of aryl methyl sites for hydroxylation is 2. The molecule has 0 atom stereocenters. The van der Waals surface area contributed by atoms with Gasteiger partial charge in [0.25, 0.3) is 0 Å². The Hall–Kier alpha value is -2.64. The van der Waals surface area contributed by atoms with Crippen LogP contribution in [-0.2, 0) is 10.0 Å². The lowest BCUT2D eigenvalue weighted by atomic mass is 10.00. The predicted octanol–water partition coefficient (Wildman–Crippen LogP) is 3.63. The maximum Gasteiger partial charge on any atom is 0.240 e. The Balaban J connectivity index is 1.72. The number of anilines is 1. The van der Waals surface area contributed by atoms with Crippen LogP contribution in [0.4, 0.5) is 5.82 Å². The van der Waals surface area contributed by atoms with Gasteiger partial charge in [0, 0.05) is 35.3 Å². The number of hydrogen-bond acceptors (Lipinski definition) is 4. The highest BCUT2D eigenvalue weighted by Gasteiger charge is 2.24. The summed E-state index contributed by atoms with van der Waals surface area (Å²) in [5, 5.41) is 0. The number of aromatic amines is 1. The molecule has 4 rings (SSSR count). The summed E-state index contributed by atoms with van der Waals surface area (Å²) in [6, 6.07) is 11.1. The van der Waals surface area contributed by atoms with Crippen molar-refractivity contribution >= 4 is 15.8 Å². The number of nitrogens with two attached hydrogens (primary N) is 1. The molecule has 7 heteroatoms. The fraction of sp³-hybridized carbons (Fsp3) is 0.286. The summed E-state index contributed by atoms with van der Waals surface area (Å²) in [7, 11) is -3.53. The average Bonchev–Trinajstić information content (AvgIpc) is 3.40. The molecule has 4 N–H and O–H groups in total. The molecule has 1 aliphatic carbocycles. The van der Waals surface area contributed by atoms with Crippen molar-refractivity contribution in [1.29, 1.82) is 0 Å². The molecule has 0 unspecified atom stereocenters. The maximum atomic E-state index is 12.7. The van der Waals surface area contributed by atoms with Crippen LogP contribution in [0.15, 0.2) is 47.5 Å². The third-order valence-electron chi connectivity index (χ3n) is 5.13. The SMILES string of the molecule is Cc1ccc(-c2cc(-c3cc(S(=O)(=O)NCC4CC4)ccc3C)cnc2N)[nH]1. The molecule has 0 aliphatic heterocycles. The van der Waals surface area contributed by atoms with Crippen molar-refractivity contribution in [3.63, 3.8) is 0 Å². The summed E-state index contributed by atoms with van der Waals surface area (Å²) >= 11 is 0. The van der Waals surface area contributed by atoms with E-state index in [1.165, 1.54) is 0 Å². The number of nitrogens with zero attached hydrogens (tertiary/aromatic N) is 1. The molecule has 2 aromatic heterocycles. The fourth-order valence-corrected chi connectivity index (χ4v) is 4.35. The summed E-state index contributed by atoms with van der Waals surface area (Å²) < 4.78 is 28.0. The van der Waals surface area contributed by atoms with Crippen molar-refractivity contribution < 1.29 is 8.42 Å². The van der Waals surface area contributed by atoms with Crippen LogP contribution in [0.2, 0.25) is 0 Å². The van der Waals surface area contributed by atoms with Gasteiger partial charge in [0.1, 0.15) is 5.82 Å². The predicted molar refractivity (Wildman–Crippen MR) is 111 cm³/mol. The van der Waals surface area contributed by atoms with Crippen LogP contribution >= 0.6 is 0 Å². The van der Waals surface area contributed by atoms with Crippen LogP contribution in [0.3, 0.4) is 0 Å². The van der Waals surface area contributed by atoms with E-state index in [9.17, 15) is 8.42 Å². The number of H-pyrrole nitrogens is 1. The van der Waals surface area contributed by atoms with E-state index < -0.39 is 10.0 Å².